The first-order valence-corrected chi connectivity index (χ1v) is 9.64. The fraction of sp³-hybridized carbons (Fsp3) is 0.286. The van der Waals surface area contributed by atoms with Crippen LogP contribution in [0.1, 0.15) is 0 Å². The van der Waals surface area contributed by atoms with Crippen LogP contribution in [0, 0.1) is 0 Å². The summed E-state index contributed by atoms with van der Waals surface area (Å²) in [7, 11) is 0. The summed E-state index contributed by atoms with van der Waals surface area (Å²) in [6, 6.07) is 5.38. The van der Waals surface area contributed by atoms with Crippen LogP contribution in [-0.2, 0) is 4.74 Å². The number of ether oxygens (including phenoxy) is 2. The summed E-state index contributed by atoms with van der Waals surface area (Å²) in [6.45, 7) is -0.783. The normalized spacial score (nSPS) is 23.6. The van der Waals surface area contributed by atoms with Crippen LogP contribution in [0.4, 0.5) is 0 Å². The topological polar surface area (TPSA) is 211 Å². The lowest BCUT2D eigenvalue weighted by Gasteiger charge is -2.19. The van der Waals surface area contributed by atoms with Gasteiger partial charge in [-0.3, -0.25) is 4.79 Å². The molecule has 0 spiro atoms. The summed E-state index contributed by atoms with van der Waals surface area (Å²) in [5.41, 5.74) is -1.16. The molecule has 2 heterocycles. The summed E-state index contributed by atoms with van der Waals surface area (Å²) >= 11 is 0. The van der Waals surface area contributed by atoms with Gasteiger partial charge < -0.3 is 54.7 Å². The van der Waals surface area contributed by atoms with Gasteiger partial charge in [0.05, 0.1) is 6.61 Å². The zero-order valence-electron chi connectivity index (χ0n) is 16.7. The highest BCUT2D eigenvalue weighted by Gasteiger charge is 2.47. The molecular weight excluding hydrogens is 444 g/mol. The van der Waals surface area contributed by atoms with Gasteiger partial charge in [-0.15, -0.1) is 0 Å². The minimum atomic E-state index is -1.75. The van der Waals surface area contributed by atoms with E-state index >= 15 is 0 Å². The van der Waals surface area contributed by atoms with E-state index < -0.39 is 71.5 Å². The molecule has 12 heteroatoms. The van der Waals surface area contributed by atoms with Gasteiger partial charge in [0, 0.05) is 17.7 Å². The molecule has 0 bridgehead atoms. The Morgan fingerprint density at radius 2 is 1.70 bits per heavy atom. The largest absolute Gasteiger partial charge is 0.508 e. The minimum absolute atomic E-state index is 0.0297. The highest BCUT2D eigenvalue weighted by molar-refractivity contribution is 5.88. The quantitative estimate of drug-likeness (QED) is 0.224. The molecule has 8 N–H and O–H groups in total. The fourth-order valence-corrected chi connectivity index (χ4v) is 3.54. The van der Waals surface area contributed by atoms with Crippen molar-refractivity contribution in [1.29, 1.82) is 0 Å². The van der Waals surface area contributed by atoms with Crippen LogP contribution in [0.25, 0.3) is 22.3 Å². The molecule has 0 unspecified atom stereocenters. The highest BCUT2D eigenvalue weighted by atomic mass is 16.7. The molecule has 5 atom stereocenters. The van der Waals surface area contributed by atoms with Crippen molar-refractivity contribution >= 4 is 11.0 Å². The van der Waals surface area contributed by atoms with Crippen molar-refractivity contribution in [3.05, 3.63) is 40.6 Å². The van der Waals surface area contributed by atoms with E-state index in [-0.39, 0.29) is 22.3 Å². The highest BCUT2D eigenvalue weighted by Crippen LogP contribution is 2.39. The van der Waals surface area contributed by atoms with E-state index in [1.807, 2.05) is 0 Å². The standard InChI is InChI=1S/C21H20O12/c22-6-12(27)19-16(29)17(30)21(32-19)33-20-15(28)14-11(26)4-8(23)5-13(14)31-18(20)7-1-2-9(24)10(25)3-7/h1-5,12,16-17,19,21-27,29-30H,6H2/t12-,16-,17-,19+,21+/m1/s1. The second-order valence-electron chi connectivity index (χ2n) is 7.45. The molecule has 12 nitrogen and oxygen atoms in total. The summed E-state index contributed by atoms with van der Waals surface area (Å²) in [5.74, 6) is -3.00. The number of benzene rings is 2. The third-order valence-electron chi connectivity index (χ3n) is 5.21. The number of phenols is 4. The fourth-order valence-electron chi connectivity index (χ4n) is 3.54. The van der Waals surface area contributed by atoms with Crippen molar-refractivity contribution in [2.75, 3.05) is 6.61 Å². The van der Waals surface area contributed by atoms with E-state index in [9.17, 15) is 40.5 Å². The van der Waals surface area contributed by atoms with Crippen LogP contribution < -0.4 is 10.2 Å². The monoisotopic (exact) mass is 464 g/mol. The van der Waals surface area contributed by atoms with Crippen molar-refractivity contribution in [3.63, 3.8) is 0 Å². The molecule has 0 aliphatic carbocycles. The molecule has 4 rings (SSSR count). The minimum Gasteiger partial charge on any atom is -0.508 e. The number of aliphatic hydroxyl groups excluding tert-OH is 4. The molecule has 1 aliphatic rings. The number of aliphatic hydroxyl groups is 4. The number of hydrogen-bond donors (Lipinski definition) is 8. The van der Waals surface area contributed by atoms with E-state index in [4.69, 9.17) is 19.0 Å². The van der Waals surface area contributed by atoms with Gasteiger partial charge in [0.2, 0.25) is 17.5 Å². The molecule has 0 radical (unpaired) electrons. The predicted octanol–water partition coefficient (Wildman–Crippen LogP) is -0.539. The lowest BCUT2D eigenvalue weighted by Crippen LogP contribution is -2.40. The van der Waals surface area contributed by atoms with Crippen LogP contribution >= 0.6 is 0 Å². The molecule has 1 aromatic heterocycles. The summed E-state index contributed by atoms with van der Waals surface area (Å²) in [6.07, 6.45) is -8.11. The zero-order valence-corrected chi connectivity index (χ0v) is 16.7. The molecule has 1 saturated heterocycles. The Balaban J connectivity index is 1.88. The molecule has 0 saturated carbocycles. The number of fused-ring (bicyclic) bond motifs is 1. The first-order chi connectivity index (χ1) is 15.6. The Labute approximate surface area is 184 Å². The summed E-state index contributed by atoms with van der Waals surface area (Å²) in [5, 5.41) is 78.3. The van der Waals surface area contributed by atoms with Crippen molar-refractivity contribution in [3.8, 4) is 40.1 Å². The molecule has 176 valence electrons. The second-order valence-corrected chi connectivity index (χ2v) is 7.45. The van der Waals surface area contributed by atoms with Crippen molar-refractivity contribution in [2.24, 2.45) is 0 Å². The lowest BCUT2D eigenvalue weighted by molar-refractivity contribution is -0.137. The van der Waals surface area contributed by atoms with Crippen molar-refractivity contribution in [2.45, 2.75) is 30.7 Å². The molecule has 33 heavy (non-hydrogen) atoms. The van der Waals surface area contributed by atoms with Gasteiger partial charge in [0.1, 0.15) is 46.9 Å². The SMILES string of the molecule is O=c1c(O[C@@H]2O[C@@H]([C@H](O)CO)[C@H](O)[C@H]2O)c(-c2ccc(O)c(O)c2)oc2cc(O)cc(O)c12. The van der Waals surface area contributed by atoms with Crippen LogP contribution in [0.3, 0.4) is 0 Å². The van der Waals surface area contributed by atoms with Gasteiger partial charge >= 0.3 is 0 Å². The number of phenolic OH excluding ortho intramolecular Hbond substituents is 4. The van der Waals surface area contributed by atoms with E-state index in [1.165, 1.54) is 6.07 Å². The van der Waals surface area contributed by atoms with Crippen LogP contribution in [0.15, 0.2) is 39.5 Å². The molecule has 0 amide bonds. The lowest BCUT2D eigenvalue weighted by atomic mass is 10.1. The van der Waals surface area contributed by atoms with Crippen molar-refractivity contribution < 1.29 is 54.7 Å². The van der Waals surface area contributed by atoms with E-state index in [2.05, 4.69) is 0 Å². The van der Waals surface area contributed by atoms with Crippen molar-refractivity contribution in [1.82, 2.24) is 0 Å². The average Bonchev–Trinajstić information content (AvgIpc) is 3.04. The molecule has 2 aromatic carbocycles. The van der Waals surface area contributed by atoms with E-state index in [1.54, 1.807) is 0 Å². The maximum atomic E-state index is 13.2. The number of rotatable bonds is 5. The number of aromatic hydroxyl groups is 4. The number of hydrogen-bond acceptors (Lipinski definition) is 12. The van der Waals surface area contributed by atoms with Crippen LogP contribution in [0.2, 0.25) is 0 Å². The first kappa shape index (κ1) is 22.6. The van der Waals surface area contributed by atoms with Gasteiger partial charge in [0.15, 0.2) is 17.3 Å². The Morgan fingerprint density at radius 3 is 2.36 bits per heavy atom. The second kappa shape index (κ2) is 8.42. The Morgan fingerprint density at radius 1 is 0.970 bits per heavy atom. The summed E-state index contributed by atoms with van der Waals surface area (Å²) in [4.78, 5) is 13.2. The predicted molar refractivity (Wildman–Crippen MR) is 109 cm³/mol. The summed E-state index contributed by atoms with van der Waals surface area (Å²) < 4.78 is 16.5. The third kappa shape index (κ3) is 3.90. The van der Waals surface area contributed by atoms with Crippen LogP contribution in [0.5, 0.6) is 28.7 Å². The Bertz CT molecular complexity index is 1250. The maximum absolute atomic E-state index is 13.2. The van der Waals surface area contributed by atoms with Gasteiger partial charge in [-0.25, -0.2) is 0 Å². The van der Waals surface area contributed by atoms with Gasteiger partial charge in [-0.1, -0.05) is 0 Å². The van der Waals surface area contributed by atoms with E-state index in [0.717, 1.165) is 24.3 Å². The maximum Gasteiger partial charge on any atom is 0.239 e. The van der Waals surface area contributed by atoms with Crippen LogP contribution in [-0.4, -0.2) is 78.2 Å². The van der Waals surface area contributed by atoms with Gasteiger partial charge in [0.25, 0.3) is 0 Å². The van der Waals surface area contributed by atoms with E-state index in [0.29, 0.717) is 0 Å². The smallest absolute Gasteiger partial charge is 0.239 e. The average molecular weight is 464 g/mol. The first-order valence-electron chi connectivity index (χ1n) is 9.64. The third-order valence-corrected chi connectivity index (χ3v) is 5.21. The molecule has 1 aliphatic heterocycles. The molecule has 3 aromatic rings. The Hall–Kier alpha value is -3.55. The zero-order chi connectivity index (χ0) is 24.0. The molecular formula is C21H20O12. The van der Waals surface area contributed by atoms with Gasteiger partial charge in [-0.05, 0) is 18.2 Å². The molecule has 1 fully saturated rings. The van der Waals surface area contributed by atoms with Gasteiger partial charge in [-0.2, -0.15) is 0 Å². The Kier molecular flexibility index (Phi) is 5.78.